The fraction of sp³-hybridized carbons (Fsp3) is 0.400. The minimum atomic E-state index is 0.0934. The van der Waals surface area contributed by atoms with Crippen LogP contribution in [0.25, 0.3) is 0 Å². The van der Waals surface area contributed by atoms with Crippen molar-refractivity contribution in [3.8, 4) is 5.75 Å². The summed E-state index contributed by atoms with van der Waals surface area (Å²) in [6.45, 7) is 2.80. The van der Waals surface area contributed by atoms with Gasteiger partial charge in [-0.3, -0.25) is 0 Å². The molecule has 0 fully saturated rings. The normalized spacial score (nSPS) is 16.8. The van der Waals surface area contributed by atoms with Gasteiger partial charge in [-0.2, -0.15) is 0 Å². The van der Waals surface area contributed by atoms with Crippen LogP contribution in [0.3, 0.4) is 0 Å². The van der Waals surface area contributed by atoms with E-state index in [-0.39, 0.29) is 5.38 Å². The minimum absolute atomic E-state index is 0.0934. The Morgan fingerprint density at radius 3 is 3.08 bits per heavy atom. The fourth-order valence-electron chi connectivity index (χ4n) is 1.45. The van der Waals surface area contributed by atoms with E-state index in [1.54, 1.807) is 0 Å². The zero-order chi connectivity index (χ0) is 8.55. The van der Waals surface area contributed by atoms with E-state index < -0.39 is 0 Å². The van der Waals surface area contributed by atoms with Gasteiger partial charge >= 0.3 is 0 Å². The molecule has 1 atom stereocenters. The molecule has 0 aromatic heterocycles. The van der Waals surface area contributed by atoms with Crippen LogP contribution in [0.15, 0.2) is 18.2 Å². The Bertz CT molecular complexity index is 294. The molecule has 0 saturated carbocycles. The van der Waals surface area contributed by atoms with Gasteiger partial charge in [-0.05, 0) is 24.1 Å². The molecule has 2 heteroatoms. The fourth-order valence-corrected chi connectivity index (χ4v) is 1.59. The maximum Gasteiger partial charge on any atom is 0.122 e. The van der Waals surface area contributed by atoms with Gasteiger partial charge in [0.1, 0.15) is 5.75 Å². The number of halogens is 1. The molecule has 1 aromatic carbocycles. The summed E-state index contributed by atoms with van der Waals surface area (Å²) in [5.74, 6) is 1.02. The summed E-state index contributed by atoms with van der Waals surface area (Å²) in [6, 6.07) is 6.18. The van der Waals surface area contributed by atoms with Gasteiger partial charge in [0.2, 0.25) is 0 Å². The molecule has 64 valence electrons. The first-order valence-electron chi connectivity index (χ1n) is 4.17. The molecule has 1 heterocycles. The third kappa shape index (κ3) is 1.29. The highest BCUT2D eigenvalue weighted by atomic mass is 35.5. The van der Waals surface area contributed by atoms with Gasteiger partial charge in [0.15, 0.2) is 0 Å². The molecule has 12 heavy (non-hydrogen) atoms. The Kier molecular flexibility index (Phi) is 1.97. The third-order valence-electron chi connectivity index (χ3n) is 2.17. The van der Waals surface area contributed by atoms with E-state index in [2.05, 4.69) is 6.07 Å². The Morgan fingerprint density at radius 1 is 1.50 bits per heavy atom. The highest BCUT2D eigenvalue weighted by molar-refractivity contribution is 6.20. The number of alkyl halides is 1. The summed E-state index contributed by atoms with van der Waals surface area (Å²) in [5.41, 5.74) is 2.47. The lowest BCUT2D eigenvalue weighted by Gasteiger charge is -2.04. The first kappa shape index (κ1) is 7.93. The van der Waals surface area contributed by atoms with Crippen LogP contribution in [0.4, 0.5) is 0 Å². The van der Waals surface area contributed by atoms with Crippen LogP contribution in [0.5, 0.6) is 5.75 Å². The van der Waals surface area contributed by atoms with Gasteiger partial charge in [-0.15, -0.1) is 11.6 Å². The minimum Gasteiger partial charge on any atom is -0.493 e. The van der Waals surface area contributed by atoms with E-state index in [0.29, 0.717) is 0 Å². The second-order valence-corrected chi connectivity index (χ2v) is 3.74. The summed E-state index contributed by atoms with van der Waals surface area (Å²) in [4.78, 5) is 0. The van der Waals surface area contributed by atoms with Crippen molar-refractivity contribution in [1.82, 2.24) is 0 Å². The standard InChI is InChI=1S/C10H11ClO/c1-7(11)8-2-3-10-9(6-8)4-5-12-10/h2-3,6-7H,4-5H2,1H3. The van der Waals surface area contributed by atoms with Crippen LogP contribution in [-0.2, 0) is 6.42 Å². The van der Waals surface area contributed by atoms with Crippen molar-refractivity contribution in [1.29, 1.82) is 0 Å². The average Bonchev–Trinajstić information content (AvgIpc) is 2.49. The molecule has 1 aromatic rings. The highest BCUT2D eigenvalue weighted by Crippen LogP contribution is 2.29. The summed E-state index contributed by atoms with van der Waals surface area (Å²) in [5, 5.41) is 0.0934. The van der Waals surface area contributed by atoms with Crippen LogP contribution in [-0.4, -0.2) is 6.61 Å². The average molecular weight is 183 g/mol. The molecule has 1 aliphatic rings. The maximum atomic E-state index is 5.96. The Balaban J connectivity index is 2.39. The first-order chi connectivity index (χ1) is 5.77. The van der Waals surface area contributed by atoms with E-state index >= 15 is 0 Å². The van der Waals surface area contributed by atoms with E-state index in [1.165, 1.54) is 11.1 Å². The molecule has 2 rings (SSSR count). The predicted molar refractivity (Wildman–Crippen MR) is 49.9 cm³/mol. The van der Waals surface area contributed by atoms with Gasteiger partial charge in [0, 0.05) is 6.42 Å². The molecule has 0 spiro atoms. The van der Waals surface area contributed by atoms with Crippen LogP contribution >= 0.6 is 11.6 Å². The van der Waals surface area contributed by atoms with Gasteiger partial charge in [0.25, 0.3) is 0 Å². The van der Waals surface area contributed by atoms with Gasteiger partial charge in [-0.1, -0.05) is 12.1 Å². The van der Waals surface area contributed by atoms with Crippen molar-refractivity contribution >= 4 is 11.6 Å². The van der Waals surface area contributed by atoms with Gasteiger partial charge < -0.3 is 4.74 Å². The third-order valence-corrected chi connectivity index (χ3v) is 2.42. The van der Waals surface area contributed by atoms with Crippen molar-refractivity contribution in [2.75, 3.05) is 6.61 Å². The first-order valence-corrected chi connectivity index (χ1v) is 4.61. The lowest BCUT2D eigenvalue weighted by atomic mass is 10.1. The summed E-state index contributed by atoms with van der Waals surface area (Å²) < 4.78 is 5.39. The quantitative estimate of drug-likeness (QED) is 0.607. The van der Waals surface area contributed by atoms with E-state index in [9.17, 15) is 0 Å². The molecule has 0 bridgehead atoms. The molecule has 0 amide bonds. The number of fused-ring (bicyclic) bond motifs is 1. The number of hydrogen-bond acceptors (Lipinski definition) is 1. The van der Waals surface area contributed by atoms with Crippen LogP contribution < -0.4 is 4.74 Å². The van der Waals surface area contributed by atoms with E-state index in [0.717, 1.165) is 18.8 Å². The van der Waals surface area contributed by atoms with Crippen molar-refractivity contribution in [2.24, 2.45) is 0 Å². The molecule has 1 unspecified atom stereocenters. The van der Waals surface area contributed by atoms with Crippen LogP contribution in [0, 0.1) is 0 Å². The Labute approximate surface area is 77.3 Å². The summed E-state index contributed by atoms with van der Waals surface area (Å²) in [7, 11) is 0. The second kappa shape index (κ2) is 2.98. The van der Waals surface area contributed by atoms with Crippen LogP contribution in [0.2, 0.25) is 0 Å². The SMILES string of the molecule is CC(Cl)c1ccc2c(c1)CCO2. The second-order valence-electron chi connectivity index (χ2n) is 3.08. The zero-order valence-electron chi connectivity index (χ0n) is 7.01. The lowest BCUT2D eigenvalue weighted by Crippen LogP contribution is -1.85. The monoisotopic (exact) mass is 182 g/mol. The number of ether oxygens (including phenoxy) is 1. The molecule has 0 aliphatic carbocycles. The number of hydrogen-bond donors (Lipinski definition) is 0. The van der Waals surface area contributed by atoms with Crippen molar-refractivity contribution in [2.45, 2.75) is 18.7 Å². The largest absolute Gasteiger partial charge is 0.493 e. The van der Waals surface area contributed by atoms with Crippen molar-refractivity contribution in [3.05, 3.63) is 29.3 Å². The number of benzene rings is 1. The van der Waals surface area contributed by atoms with Crippen molar-refractivity contribution < 1.29 is 4.74 Å². The molecular formula is C10H11ClO. The molecular weight excluding hydrogens is 172 g/mol. The molecule has 0 radical (unpaired) electrons. The smallest absolute Gasteiger partial charge is 0.122 e. The Hall–Kier alpha value is -0.690. The zero-order valence-corrected chi connectivity index (χ0v) is 7.77. The van der Waals surface area contributed by atoms with Gasteiger partial charge in [-0.25, -0.2) is 0 Å². The van der Waals surface area contributed by atoms with E-state index in [4.69, 9.17) is 16.3 Å². The molecule has 1 aliphatic heterocycles. The van der Waals surface area contributed by atoms with E-state index in [1.807, 2.05) is 19.1 Å². The number of rotatable bonds is 1. The molecule has 0 saturated heterocycles. The lowest BCUT2D eigenvalue weighted by molar-refractivity contribution is 0.357. The summed E-state index contributed by atoms with van der Waals surface area (Å²) in [6.07, 6.45) is 1.02. The molecule has 0 N–H and O–H groups in total. The topological polar surface area (TPSA) is 9.23 Å². The maximum absolute atomic E-state index is 5.96. The Morgan fingerprint density at radius 2 is 2.33 bits per heavy atom. The van der Waals surface area contributed by atoms with Crippen LogP contribution in [0.1, 0.15) is 23.4 Å². The predicted octanol–water partition coefficient (Wildman–Crippen LogP) is 2.92. The molecule has 1 nitrogen and oxygen atoms in total. The van der Waals surface area contributed by atoms with Crippen molar-refractivity contribution in [3.63, 3.8) is 0 Å². The van der Waals surface area contributed by atoms with Gasteiger partial charge in [0.05, 0.1) is 12.0 Å². The summed E-state index contributed by atoms with van der Waals surface area (Å²) >= 11 is 5.96. The highest BCUT2D eigenvalue weighted by Gasteiger charge is 2.13.